The lowest BCUT2D eigenvalue weighted by molar-refractivity contribution is 0.0987. The minimum atomic E-state index is -0.676. The first kappa shape index (κ1) is 14.8. The summed E-state index contributed by atoms with van der Waals surface area (Å²) >= 11 is 0. The summed E-state index contributed by atoms with van der Waals surface area (Å²) in [5.41, 5.74) is 7.29. The van der Waals surface area contributed by atoms with Crippen molar-refractivity contribution < 1.29 is 9.32 Å². The third-order valence-electron chi connectivity index (χ3n) is 4.54. The number of para-hydroxylation sites is 2. The van der Waals surface area contributed by atoms with Crippen LogP contribution in [0.25, 0.3) is 11.0 Å². The molecule has 1 amide bonds. The summed E-state index contributed by atoms with van der Waals surface area (Å²) in [7, 11) is 2.02. The van der Waals surface area contributed by atoms with Crippen molar-refractivity contribution in [3.8, 4) is 0 Å². The number of aromatic nitrogens is 4. The first-order valence-corrected chi connectivity index (χ1v) is 7.91. The second-order valence-electron chi connectivity index (χ2n) is 6.02. The smallest absolute Gasteiger partial charge is 0.290 e. The van der Waals surface area contributed by atoms with Crippen LogP contribution in [0.3, 0.4) is 0 Å². The summed E-state index contributed by atoms with van der Waals surface area (Å²) in [6.07, 6.45) is 1.94. The molecule has 1 fully saturated rings. The molecule has 1 aliphatic heterocycles. The van der Waals surface area contributed by atoms with Crippen LogP contribution in [0.1, 0.15) is 41.2 Å². The van der Waals surface area contributed by atoms with E-state index >= 15 is 0 Å². The van der Waals surface area contributed by atoms with Gasteiger partial charge in [-0.15, -0.1) is 0 Å². The molecule has 0 unspecified atom stereocenters. The van der Waals surface area contributed by atoms with E-state index in [1.54, 1.807) is 0 Å². The van der Waals surface area contributed by atoms with Gasteiger partial charge in [-0.25, -0.2) is 4.98 Å². The normalized spacial score (nSPS) is 18.5. The Balaban J connectivity index is 1.60. The van der Waals surface area contributed by atoms with Gasteiger partial charge in [0, 0.05) is 7.05 Å². The minimum absolute atomic E-state index is 0.00888. The molecule has 2 aromatic heterocycles. The molecule has 0 spiro atoms. The van der Waals surface area contributed by atoms with Crippen LogP contribution in [-0.4, -0.2) is 37.0 Å². The summed E-state index contributed by atoms with van der Waals surface area (Å²) in [6.45, 7) is 1.60. The average molecular weight is 326 g/mol. The summed E-state index contributed by atoms with van der Waals surface area (Å²) in [5, 5.41) is 3.65. The Morgan fingerprint density at radius 1 is 1.38 bits per heavy atom. The van der Waals surface area contributed by atoms with Crippen LogP contribution >= 0.6 is 0 Å². The monoisotopic (exact) mass is 326 g/mol. The predicted octanol–water partition coefficient (Wildman–Crippen LogP) is 1.39. The lowest BCUT2D eigenvalue weighted by atomic mass is 10.2. The molecule has 124 valence electrons. The van der Waals surface area contributed by atoms with Gasteiger partial charge in [-0.2, -0.15) is 4.98 Å². The van der Waals surface area contributed by atoms with Crippen molar-refractivity contribution in [3.63, 3.8) is 0 Å². The second kappa shape index (κ2) is 5.72. The van der Waals surface area contributed by atoms with Gasteiger partial charge in [0.25, 0.3) is 11.7 Å². The Kier molecular flexibility index (Phi) is 3.53. The van der Waals surface area contributed by atoms with Crippen molar-refractivity contribution in [2.75, 3.05) is 6.54 Å². The van der Waals surface area contributed by atoms with E-state index < -0.39 is 5.91 Å². The van der Waals surface area contributed by atoms with Gasteiger partial charge in [0.2, 0.25) is 5.89 Å². The zero-order valence-corrected chi connectivity index (χ0v) is 13.3. The van der Waals surface area contributed by atoms with Crippen LogP contribution in [0.5, 0.6) is 0 Å². The third-order valence-corrected chi connectivity index (χ3v) is 4.54. The number of hydrogen-bond acceptors (Lipinski definition) is 6. The van der Waals surface area contributed by atoms with Gasteiger partial charge in [-0.1, -0.05) is 17.3 Å². The Labute approximate surface area is 138 Å². The van der Waals surface area contributed by atoms with Crippen molar-refractivity contribution in [1.29, 1.82) is 0 Å². The maximum absolute atomic E-state index is 11.2. The largest absolute Gasteiger partial charge is 0.363 e. The Morgan fingerprint density at radius 2 is 2.21 bits per heavy atom. The number of carbonyl (C=O) groups is 1. The fourth-order valence-corrected chi connectivity index (χ4v) is 3.28. The predicted molar refractivity (Wildman–Crippen MR) is 85.9 cm³/mol. The topological polar surface area (TPSA) is 103 Å². The van der Waals surface area contributed by atoms with Crippen molar-refractivity contribution in [1.82, 2.24) is 24.6 Å². The molecule has 0 aliphatic carbocycles. The first-order chi connectivity index (χ1) is 11.6. The highest BCUT2D eigenvalue weighted by Crippen LogP contribution is 2.32. The van der Waals surface area contributed by atoms with E-state index in [1.165, 1.54) is 0 Å². The molecule has 1 aliphatic rings. The quantitative estimate of drug-likeness (QED) is 0.777. The molecule has 24 heavy (non-hydrogen) atoms. The molecular formula is C16H18N6O2. The van der Waals surface area contributed by atoms with E-state index in [9.17, 15) is 4.79 Å². The standard InChI is InChI=1S/C16H18N6O2/c1-21-11-6-3-2-5-10(11)18-13(21)9-22-8-4-7-12(22)16-19-15(14(17)23)20-24-16/h2-3,5-6,12H,4,7-9H2,1H3,(H2,17,23)/t12-/m0/s1. The van der Waals surface area contributed by atoms with Crippen LogP contribution in [0, 0.1) is 0 Å². The number of benzene rings is 1. The van der Waals surface area contributed by atoms with Gasteiger partial charge < -0.3 is 14.8 Å². The SMILES string of the molecule is Cn1c(CN2CCC[C@H]2c2nc(C(N)=O)no2)nc2ccccc21. The number of likely N-dealkylation sites (tertiary alicyclic amines) is 1. The summed E-state index contributed by atoms with van der Waals surface area (Å²) in [4.78, 5) is 22.3. The molecule has 8 nitrogen and oxygen atoms in total. The highest BCUT2D eigenvalue weighted by atomic mass is 16.5. The Morgan fingerprint density at radius 3 is 2.96 bits per heavy atom. The molecule has 8 heteroatoms. The van der Waals surface area contributed by atoms with Crippen molar-refractivity contribution >= 4 is 16.9 Å². The zero-order chi connectivity index (χ0) is 16.7. The molecule has 4 rings (SSSR count). The number of primary amides is 1. The van der Waals surface area contributed by atoms with Crippen LogP contribution < -0.4 is 5.73 Å². The number of nitrogens with zero attached hydrogens (tertiary/aromatic N) is 5. The molecule has 0 bridgehead atoms. The second-order valence-corrected chi connectivity index (χ2v) is 6.02. The number of hydrogen-bond donors (Lipinski definition) is 1. The number of rotatable bonds is 4. The fourth-order valence-electron chi connectivity index (χ4n) is 3.28. The molecule has 1 atom stereocenters. The number of nitrogens with two attached hydrogens (primary N) is 1. The lowest BCUT2D eigenvalue weighted by Gasteiger charge is -2.20. The van der Waals surface area contributed by atoms with E-state index in [0.717, 1.165) is 36.2 Å². The fraction of sp³-hybridized carbons (Fsp3) is 0.375. The minimum Gasteiger partial charge on any atom is -0.363 e. The molecular weight excluding hydrogens is 308 g/mol. The summed E-state index contributed by atoms with van der Waals surface area (Å²) in [6, 6.07) is 8.06. The Hall–Kier alpha value is -2.74. The Bertz CT molecular complexity index is 899. The van der Waals surface area contributed by atoms with Crippen LogP contribution in [-0.2, 0) is 13.6 Å². The molecule has 0 radical (unpaired) electrons. The van der Waals surface area contributed by atoms with E-state index in [4.69, 9.17) is 15.2 Å². The van der Waals surface area contributed by atoms with Gasteiger partial charge in [0.1, 0.15) is 5.82 Å². The van der Waals surface area contributed by atoms with Crippen molar-refractivity contribution in [2.24, 2.45) is 12.8 Å². The summed E-state index contributed by atoms with van der Waals surface area (Å²) < 4.78 is 7.34. The number of amides is 1. The molecule has 0 saturated carbocycles. The average Bonchev–Trinajstić information content (AvgIpc) is 3.28. The highest BCUT2D eigenvalue weighted by Gasteiger charge is 2.32. The van der Waals surface area contributed by atoms with Crippen molar-refractivity contribution in [3.05, 3.63) is 41.8 Å². The van der Waals surface area contributed by atoms with E-state index in [1.807, 2.05) is 25.2 Å². The first-order valence-electron chi connectivity index (χ1n) is 7.91. The maximum Gasteiger partial charge on any atom is 0.290 e. The van der Waals surface area contributed by atoms with E-state index in [2.05, 4.69) is 25.7 Å². The van der Waals surface area contributed by atoms with Crippen molar-refractivity contribution in [2.45, 2.75) is 25.4 Å². The van der Waals surface area contributed by atoms with Crippen LogP contribution in [0.2, 0.25) is 0 Å². The van der Waals surface area contributed by atoms with Gasteiger partial charge >= 0.3 is 0 Å². The summed E-state index contributed by atoms with van der Waals surface area (Å²) in [5.74, 6) is 0.683. The number of carbonyl (C=O) groups excluding carboxylic acids is 1. The highest BCUT2D eigenvalue weighted by molar-refractivity contribution is 5.88. The van der Waals surface area contributed by atoms with E-state index in [0.29, 0.717) is 12.4 Å². The molecule has 3 aromatic rings. The molecule has 2 N–H and O–H groups in total. The number of fused-ring (bicyclic) bond motifs is 1. The van der Waals surface area contributed by atoms with Crippen LogP contribution in [0.4, 0.5) is 0 Å². The van der Waals surface area contributed by atoms with Crippen LogP contribution in [0.15, 0.2) is 28.8 Å². The lowest BCUT2D eigenvalue weighted by Crippen LogP contribution is -2.25. The van der Waals surface area contributed by atoms with Gasteiger partial charge in [0.05, 0.1) is 23.6 Å². The maximum atomic E-state index is 11.2. The molecule has 3 heterocycles. The number of imidazole rings is 1. The molecule has 1 aromatic carbocycles. The zero-order valence-electron chi connectivity index (χ0n) is 13.3. The molecule has 1 saturated heterocycles. The van der Waals surface area contributed by atoms with Gasteiger partial charge in [0.15, 0.2) is 0 Å². The third kappa shape index (κ3) is 2.44. The van der Waals surface area contributed by atoms with Gasteiger partial charge in [-0.05, 0) is 31.5 Å². The van der Waals surface area contributed by atoms with Gasteiger partial charge in [-0.3, -0.25) is 9.69 Å². The number of aryl methyl sites for hydroxylation is 1. The van der Waals surface area contributed by atoms with E-state index in [-0.39, 0.29) is 11.9 Å².